The molecule has 1 amide bonds. The second-order valence-electron chi connectivity index (χ2n) is 4.65. The summed E-state index contributed by atoms with van der Waals surface area (Å²) in [7, 11) is 3.39. The molecule has 8 heteroatoms. The number of carbonyl (C=O) groups is 1. The van der Waals surface area contributed by atoms with Gasteiger partial charge in [0, 0.05) is 27.2 Å². The summed E-state index contributed by atoms with van der Waals surface area (Å²) in [6.07, 6.45) is 2.26. The van der Waals surface area contributed by atoms with Crippen molar-refractivity contribution in [2.24, 2.45) is 0 Å². The highest BCUT2D eigenvalue weighted by Crippen LogP contribution is 2.17. The van der Waals surface area contributed by atoms with E-state index in [1.54, 1.807) is 14.1 Å². The van der Waals surface area contributed by atoms with Gasteiger partial charge in [-0.3, -0.25) is 4.79 Å². The number of aromatic nitrogens is 3. The van der Waals surface area contributed by atoms with E-state index in [0.717, 1.165) is 25.9 Å². The highest BCUT2D eigenvalue weighted by atomic mass is 16.2. The summed E-state index contributed by atoms with van der Waals surface area (Å²) >= 11 is 0. The van der Waals surface area contributed by atoms with Gasteiger partial charge in [0.2, 0.25) is 23.8 Å². The minimum atomic E-state index is -0.0540. The van der Waals surface area contributed by atoms with Crippen LogP contribution in [0.1, 0.15) is 12.8 Å². The second-order valence-corrected chi connectivity index (χ2v) is 4.65. The summed E-state index contributed by atoms with van der Waals surface area (Å²) in [5.74, 6) is 1.02. The number of hydrogen-bond acceptors (Lipinski definition) is 7. The quantitative estimate of drug-likeness (QED) is 0.760. The third-order valence-corrected chi connectivity index (χ3v) is 2.93. The standard InChI is InChI=1S/C11H19N7O/c1-17(2)8(19)7-13-10-14-9(12)15-11(16-10)18-5-3-4-6-18/h3-7H2,1-2H3,(H3,12,13,14,15,16). The van der Waals surface area contributed by atoms with Crippen LogP contribution in [-0.4, -0.2) is 59.5 Å². The first-order chi connectivity index (χ1) is 9.06. The average Bonchev–Trinajstić information content (AvgIpc) is 2.89. The van der Waals surface area contributed by atoms with Gasteiger partial charge < -0.3 is 20.9 Å². The van der Waals surface area contributed by atoms with Crippen LogP contribution in [0, 0.1) is 0 Å². The molecule has 1 fully saturated rings. The molecule has 19 heavy (non-hydrogen) atoms. The lowest BCUT2D eigenvalue weighted by molar-refractivity contribution is -0.126. The SMILES string of the molecule is CN(C)C(=O)CNc1nc(N)nc(N2CCCC2)n1. The molecule has 2 heterocycles. The Morgan fingerprint density at radius 2 is 2.00 bits per heavy atom. The third-order valence-electron chi connectivity index (χ3n) is 2.93. The number of rotatable bonds is 4. The molecule has 1 aromatic heterocycles. The van der Waals surface area contributed by atoms with E-state index in [-0.39, 0.29) is 18.4 Å². The maximum absolute atomic E-state index is 11.5. The van der Waals surface area contributed by atoms with E-state index >= 15 is 0 Å². The van der Waals surface area contributed by atoms with Gasteiger partial charge in [-0.05, 0) is 12.8 Å². The molecule has 104 valence electrons. The van der Waals surface area contributed by atoms with Gasteiger partial charge in [0.25, 0.3) is 0 Å². The van der Waals surface area contributed by atoms with Crippen LogP contribution in [0.25, 0.3) is 0 Å². The van der Waals surface area contributed by atoms with Crippen LogP contribution in [0.5, 0.6) is 0 Å². The normalized spacial score (nSPS) is 14.5. The molecule has 1 saturated heterocycles. The minimum absolute atomic E-state index is 0.0540. The van der Waals surface area contributed by atoms with E-state index in [1.807, 2.05) is 0 Å². The fraction of sp³-hybridized carbons (Fsp3) is 0.636. The van der Waals surface area contributed by atoms with Crippen LogP contribution in [-0.2, 0) is 4.79 Å². The van der Waals surface area contributed by atoms with Crippen molar-refractivity contribution in [3.05, 3.63) is 0 Å². The molecule has 0 aromatic carbocycles. The molecule has 2 rings (SSSR count). The predicted octanol–water partition coefficient (Wildman–Crippen LogP) is -0.446. The van der Waals surface area contributed by atoms with Gasteiger partial charge in [0.1, 0.15) is 0 Å². The highest BCUT2D eigenvalue weighted by Gasteiger charge is 2.17. The second kappa shape index (κ2) is 5.68. The summed E-state index contributed by atoms with van der Waals surface area (Å²) in [4.78, 5) is 27.5. The van der Waals surface area contributed by atoms with Gasteiger partial charge in [-0.2, -0.15) is 15.0 Å². The molecule has 8 nitrogen and oxygen atoms in total. The van der Waals surface area contributed by atoms with Gasteiger partial charge in [-0.15, -0.1) is 0 Å². The van der Waals surface area contributed by atoms with Crippen molar-refractivity contribution in [2.75, 3.05) is 49.7 Å². The molecule has 0 aliphatic carbocycles. The highest BCUT2D eigenvalue weighted by molar-refractivity contribution is 5.79. The van der Waals surface area contributed by atoms with Crippen LogP contribution < -0.4 is 16.0 Å². The molecule has 1 aromatic rings. The zero-order chi connectivity index (χ0) is 13.8. The first-order valence-corrected chi connectivity index (χ1v) is 6.27. The smallest absolute Gasteiger partial charge is 0.241 e. The van der Waals surface area contributed by atoms with E-state index in [9.17, 15) is 4.79 Å². The van der Waals surface area contributed by atoms with Crippen molar-refractivity contribution in [1.82, 2.24) is 19.9 Å². The fourth-order valence-corrected chi connectivity index (χ4v) is 1.83. The lowest BCUT2D eigenvalue weighted by atomic mass is 10.4. The molecule has 0 unspecified atom stereocenters. The van der Waals surface area contributed by atoms with E-state index in [1.165, 1.54) is 4.90 Å². The van der Waals surface area contributed by atoms with Gasteiger partial charge in [0.15, 0.2) is 0 Å². The van der Waals surface area contributed by atoms with Crippen molar-refractivity contribution < 1.29 is 4.79 Å². The van der Waals surface area contributed by atoms with E-state index in [2.05, 4.69) is 25.2 Å². The van der Waals surface area contributed by atoms with E-state index in [0.29, 0.717) is 11.9 Å². The summed E-state index contributed by atoms with van der Waals surface area (Å²) in [5, 5.41) is 2.87. The van der Waals surface area contributed by atoms with Gasteiger partial charge in [-0.25, -0.2) is 0 Å². The molecule has 0 bridgehead atoms. The topological polar surface area (TPSA) is 100 Å². The number of carbonyl (C=O) groups excluding carboxylic acids is 1. The van der Waals surface area contributed by atoms with E-state index in [4.69, 9.17) is 5.73 Å². The molecule has 1 aliphatic heterocycles. The number of nitrogens with zero attached hydrogens (tertiary/aromatic N) is 5. The molecule has 1 aliphatic rings. The summed E-state index contributed by atoms with van der Waals surface area (Å²) in [6.45, 7) is 1.99. The number of nitrogen functional groups attached to an aromatic ring is 1. The van der Waals surface area contributed by atoms with Crippen LogP contribution in [0.3, 0.4) is 0 Å². The fourth-order valence-electron chi connectivity index (χ4n) is 1.83. The lowest BCUT2D eigenvalue weighted by Crippen LogP contribution is -2.29. The number of anilines is 3. The summed E-state index contributed by atoms with van der Waals surface area (Å²) in [5.41, 5.74) is 5.67. The Balaban J connectivity index is 2.06. The van der Waals surface area contributed by atoms with Crippen molar-refractivity contribution >= 4 is 23.8 Å². The van der Waals surface area contributed by atoms with Gasteiger partial charge in [0.05, 0.1) is 6.54 Å². The number of hydrogen-bond donors (Lipinski definition) is 2. The monoisotopic (exact) mass is 265 g/mol. The molecule has 0 spiro atoms. The molecule has 0 radical (unpaired) electrons. The number of nitrogens with one attached hydrogen (secondary N) is 1. The van der Waals surface area contributed by atoms with Crippen LogP contribution in [0.15, 0.2) is 0 Å². The van der Waals surface area contributed by atoms with Gasteiger partial charge >= 0.3 is 0 Å². The zero-order valence-electron chi connectivity index (χ0n) is 11.3. The Bertz CT molecular complexity index is 456. The number of likely N-dealkylation sites (N-methyl/N-ethyl adjacent to an activating group) is 1. The van der Waals surface area contributed by atoms with Crippen LogP contribution >= 0.6 is 0 Å². The zero-order valence-corrected chi connectivity index (χ0v) is 11.3. The Morgan fingerprint density at radius 3 is 2.63 bits per heavy atom. The Labute approximate surface area is 112 Å². The predicted molar refractivity (Wildman–Crippen MR) is 72.9 cm³/mol. The average molecular weight is 265 g/mol. The summed E-state index contributed by atoms with van der Waals surface area (Å²) in [6, 6.07) is 0. The van der Waals surface area contributed by atoms with Crippen LogP contribution in [0.2, 0.25) is 0 Å². The molecule has 3 N–H and O–H groups in total. The first kappa shape index (κ1) is 13.3. The third kappa shape index (κ3) is 3.43. The molecular formula is C11H19N7O. The molecule has 0 saturated carbocycles. The number of amides is 1. The van der Waals surface area contributed by atoms with Crippen LogP contribution in [0.4, 0.5) is 17.8 Å². The molecular weight excluding hydrogens is 246 g/mol. The largest absolute Gasteiger partial charge is 0.368 e. The van der Waals surface area contributed by atoms with Crippen molar-refractivity contribution in [1.29, 1.82) is 0 Å². The lowest BCUT2D eigenvalue weighted by Gasteiger charge is -2.16. The Morgan fingerprint density at radius 1 is 1.32 bits per heavy atom. The van der Waals surface area contributed by atoms with E-state index < -0.39 is 0 Å². The minimum Gasteiger partial charge on any atom is -0.368 e. The number of nitrogens with two attached hydrogens (primary N) is 1. The Kier molecular flexibility index (Phi) is 3.98. The Hall–Kier alpha value is -2.12. The first-order valence-electron chi connectivity index (χ1n) is 6.27. The summed E-state index contributed by atoms with van der Waals surface area (Å²) < 4.78 is 0. The van der Waals surface area contributed by atoms with Crippen molar-refractivity contribution in [3.8, 4) is 0 Å². The molecule has 0 atom stereocenters. The maximum Gasteiger partial charge on any atom is 0.241 e. The van der Waals surface area contributed by atoms with Crippen molar-refractivity contribution in [2.45, 2.75) is 12.8 Å². The maximum atomic E-state index is 11.5. The van der Waals surface area contributed by atoms with Crippen molar-refractivity contribution in [3.63, 3.8) is 0 Å². The van der Waals surface area contributed by atoms with Gasteiger partial charge in [-0.1, -0.05) is 0 Å².